The maximum atomic E-state index is 13.0. The van der Waals surface area contributed by atoms with Gasteiger partial charge < -0.3 is 24.3 Å². The van der Waals surface area contributed by atoms with Crippen LogP contribution in [0.4, 0.5) is 19.0 Å². The third-order valence-electron chi connectivity index (χ3n) is 7.54. The first-order valence-corrected chi connectivity index (χ1v) is 12.8. The topological polar surface area (TPSA) is 98.6 Å². The van der Waals surface area contributed by atoms with Gasteiger partial charge in [0.05, 0.1) is 17.8 Å². The number of carbonyl (C=O) groups is 2. The van der Waals surface area contributed by atoms with Crippen LogP contribution < -0.4 is 5.32 Å². The summed E-state index contributed by atoms with van der Waals surface area (Å²) in [5, 5.41) is 3.51. The van der Waals surface area contributed by atoms with Crippen LogP contribution in [0.15, 0.2) is 30.6 Å². The van der Waals surface area contributed by atoms with Crippen molar-refractivity contribution in [3.8, 4) is 5.82 Å². The van der Waals surface area contributed by atoms with Gasteiger partial charge in [0.25, 0.3) is 0 Å². The van der Waals surface area contributed by atoms with Gasteiger partial charge in [-0.25, -0.2) is 9.97 Å². The van der Waals surface area contributed by atoms with Crippen LogP contribution in [-0.2, 0) is 24.7 Å². The highest BCUT2D eigenvalue weighted by molar-refractivity contribution is 5.92. The SMILES string of the molecule is CO[C@@]1(c2cc(C)cc(-n3cc(C4CCN(C(=O)C(F)(F)F)CC4)c4cnc(NC(C)=O)cc43)n2)CCOC1. The van der Waals surface area contributed by atoms with Crippen LogP contribution in [0.25, 0.3) is 16.7 Å². The molecule has 1 atom stereocenters. The van der Waals surface area contributed by atoms with Crippen molar-refractivity contribution in [1.29, 1.82) is 0 Å². The number of hydrogen-bond acceptors (Lipinski definition) is 6. The Morgan fingerprint density at radius 2 is 1.95 bits per heavy atom. The lowest BCUT2D eigenvalue weighted by molar-refractivity contribution is -0.186. The highest BCUT2D eigenvalue weighted by Crippen LogP contribution is 2.38. The van der Waals surface area contributed by atoms with Crippen LogP contribution >= 0.6 is 0 Å². The molecule has 0 aromatic carbocycles. The first kappa shape index (κ1) is 27.1. The van der Waals surface area contributed by atoms with Crippen molar-refractivity contribution >= 4 is 28.5 Å². The minimum absolute atomic E-state index is 0.0102. The number of carbonyl (C=O) groups excluding carboxylic acids is 2. The standard InChI is InChI=1S/C27H30F3N5O4/c1-16-10-22(26(38-3)6-9-39-15-26)33-24(11-16)35-14-20(19-13-31-23(12-21(19)35)32-17(2)36)18-4-7-34(8-5-18)25(37)27(28,29)30/h10-14,18H,4-9,15H2,1-3H3,(H,31,32,36)/t26-/m0/s1. The molecule has 0 saturated carbocycles. The molecule has 3 aromatic heterocycles. The number of methoxy groups -OCH3 is 1. The van der Waals surface area contributed by atoms with Gasteiger partial charge in [-0.15, -0.1) is 0 Å². The molecular weight excluding hydrogens is 515 g/mol. The first-order valence-electron chi connectivity index (χ1n) is 12.8. The highest BCUT2D eigenvalue weighted by atomic mass is 19.4. The summed E-state index contributed by atoms with van der Waals surface area (Å²) < 4.78 is 52.3. The summed E-state index contributed by atoms with van der Waals surface area (Å²) in [5.74, 6) is -1.14. The molecule has 2 aliphatic heterocycles. The number of likely N-dealkylation sites (tertiary alicyclic amines) is 1. The summed E-state index contributed by atoms with van der Waals surface area (Å²) in [7, 11) is 1.64. The molecule has 2 amide bonds. The number of amides is 2. The Hall–Kier alpha value is -3.51. The molecule has 39 heavy (non-hydrogen) atoms. The zero-order chi connectivity index (χ0) is 27.9. The molecule has 2 saturated heterocycles. The maximum absolute atomic E-state index is 13.0. The van der Waals surface area contributed by atoms with Gasteiger partial charge in [-0.1, -0.05) is 0 Å². The Labute approximate surface area is 223 Å². The normalized spacial score (nSPS) is 20.5. The Morgan fingerprint density at radius 1 is 1.21 bits per heavy atom. The number of piperidine rings is 1. The third-order valence-corrected chi connectivity index (χ3v) is 7.54. The fourth-order valence-corrected chi connectivity index (χ4v) is 5.50. The molecular formula is C27H30F3N5O4. The van der Waals surface area contributed by atoms with Gasteiger partial charge in [0, 0.05) is 64.0 Å². The molecule has 2 aliphatic rings. The zero-order valence-electron chi connectivity index (χ0n) is 22.0. The largest absolute Gasteiger partial charge is 0.471 e. The fourth-order valence-electron chi connectivity index (χ4n) is 5.50. The summed E-state index contributed by atoms with van der Waals surface area (Å²) >= 11 is 0. The lowest BCUT2D eigenvalue weighted by atomic mass is 9.89. The van der Waals surface area contributed by atoms with E-state index in [4.69, 9.17) is 14.5 Å². The van der Waals surface area contributed by atoms with Crippen molar-refractivity contribution in [2.75, 3.05) is 38.7 Å². The maximum Gasteiger partial charge on any atom is 0.471 e. The minimum Gasteiger partial charge on any atom is -0.378 e. The molecule has 208 valence electrons. The van der Waals surface area contributed by atoms with E-state index in [9.17, 15) is 22.8 Å². The number of aryl methyl sites for hydroxylation is 1. The van der Waals surface area contributed by atoms with E-state index in [1.807, 2.05) is 29.8 Å². The highest BCUT2D eigenvalue weighted by Gasteiger charge is 2.43. The number of hydrogen-bond donors (Lipinski definition) is 1. The van der Waals surface area contributed by atoms with E-state index in [0.29, 0.717) is 44.1 Å². The summed E-state index contributed by atoms with van der Waals surface area (Å²) in [5.41, 5.74) is 2.71. The summed E-state index contributed by atoms with van der Waals surface area (Å²) in [6, 6.07) is 5.68. The fraction of sp³-hybridized carbons (Fsp3) is 0.481. The predicted molar refractivity (Wildman–Crippen MR) is 137 cm³/mol. The Bertz CT molecular complexity index is 1410. The van der Waals surface area contributed by atoms with Crippen LogP contribution in [0, 0.1) is 6.92 Å². The summed E-state index contributed by atoms with van der Waals surface area (Å²) in [4.78, 5) is 33.7. The van der Waals surface area contributed by atoms with Gasteiger partial charge in [0.2, 0.25) is 5.91 Å². The van der Waals surface area contributed by atoms with Crippen LogP contribution in [0.2, 0.25) is 0 Å². The van der Waals surface area contributed by atoms with Crippen molar-refractivity contribution in [1.82, 2.24) is 19.4 Å². The number of nitrogens with one attached hydrogen (secondary N) is 1. The number of fused-ring (bicyclic) bond motifs is 1. The van der Waals surface area contributed by atoms with Crippen molar-refractivity contribution < 1.29 is 32.2 Å². The molecule has 0 spiro atoms. The zero-order valence-corrected chi connectivity index (χ0v) is 22.0. The van der Waals surface area contributed by atoms with Crippen molar-refractivity contribution in [3.63, 3.8) is 0 Å². The Balaban J connectivity index is 1.57. The predicted octanol–water partition coefficient (Wildman–Crippen LogP) is 4.22. The van der Waals surface area contributed by atoms with Gasteiger partial charge >= 0.3 is 12.1 Å². The van der Waals surface area contributed by atoms with Crippen LogP contribution in [-0.4, -0.2) is 70.8 Å². The molecule has 5 heterocycles. The van der Waals surface area contributed by atoms with Crippen molar-refractivity contribution in [3.05, 3.63) is 47.4 Å². The number of nitrogens with zero attached hydrogens (tertiary/aromatic N) is 4. The van der Waals surface area contributed by atoms with Gasteiger partial charge in [-0.3, -0.25) is 9.59 Å². The molecule has 0 bridgehead atoms. The van der Waals surface area contributed by atoms with Crippen LogP contribution in [0.1, 0.15) is 48.9 Å². The minimum atomic E-state index is -4.88. The molecule has 12 heteroatoms. The molecule has 3 aromatic rings. The average Bonchev–Trinajstić information content (AvgIpc) is 3.53. The molecule has 5 rings (SSSR count). The molecule has 0 unspecified atom stereocenters. The number of aromatic nitrogens is 3. The second-order valence-corrected chi connectivity index (χ2v) is 10.2. The second-order valence-electron chi connectivity index (χ2n) is 10.2. The van der Waals surface area contributed by atoms with E-state index in [0.717, 1.165) is 32.6 Å². The lowest BCUT2D eigenvalue weighted by Crippen LogP contribution is -2.45. The lowest BCUT2D eigenvalue weighted by Gasteiger charge is -2.32. The Kier molecular flexibility index (Phi) is 7.10. The van der Waals surface area contributed by atoms with E-state index in [-0.39, 0.29) is 24.9 Å². The molecule has 2 fully saturated rings. The van der Waals surface area contributed by atoms with E-state index in [2.05, 4.69) is 10.3 Å². The van der Waals surface area contributed by atoms with Crippen LogP contribution in [0.5, 0.6) is 0 Å². The number of alkyl halides is 3. The number of halogens is 3. The molecule has 0 aliphatic carbocycles. The molecule has 0 radical (unpaired) electrons. The third kappa shape index (κ3) is 5.22. The van der Waals surface area contributed by atoms with Gasteiger partial charge in [-0.05, 0) is 48.9 Å². The monoisotopic (exact) mass is 545 g/mol. The van der Waals surface area contributed by atoms with Gasteiger partial charge in [-0.2, -0.15) is 13.2 Å². The summed E-state index contributed by atoms with van der Waals surface area (Å²) in [6.07, 6.45) is 0.147. The van der Waals surface area contributed by atoms with E-state index in [1.54, 1.807) is 19.4 Å². The number of ether oxygens (including phenoxy) is 2. The van der Waals surface area contributed by atoms with Gasteiger partial charge in [0.1, 0.15) is 17.2 Å². The summed E-state index contributed by atoms with van der Waals surface area (Å²) in [6.45, 7) is 4.35. The van der Waals surface area contributed by atoms with Crippen molar-refractivity contribution in [2.24, 2.45) is 0 Å². The van der Waals surface area contributed by atoms with Crippen molar-refractivity contribution in [2.45, 2.75) is 50.8 Å². The Morgan fingerprint density at radius 3 is 2.56 bits per heavy atom. The van der Waals surface area contributed by atoms with E-state index in [1.165, 1.54) is 6.92 Å². The second kappa shape index (κ2) is 10.2. The number of rotatable bonds is 5. The molecule has 9 nitrogen and oxygen atoms in total. The average molecular weight is 546 g/mol. The van der Waals surface area contributed by atoms with E-state index >= 15 is 0 Å². The number of anilines is 1. The van der Waals surface area contributed by atoms with Crippen LogP contribution in [0.3, 0.4) is 0 Å². The molecule has 1 N–H and O–H groups in total. The number of pyridine rings is 2. The van der Waals surface area contributed by atoms with Gasteiger partial charge in [0.15, 0.2) is 0 Å². The smallest absolute Gasteiger partial charge is 0.378 e. The quantitative estimate of drug-likeness (QED) is 0.516. The first-order chi connectivity index (χ1) is 18.5. The van der Waals surface area contributed by atoms with E-state index < -0.39 is 17.7 Å².